The molecule has 0 aromatic heterocycles. The molecule has 0 aliphatic heterocycles. The van der Waals surface area contributed by atoms with Gasteiger partial charge in [0.05, 0.1) is 25.7 Å². The molecule has 0 amide bonds. The average Bonchev–Trinajstić information content (AvgIpc) is 2.64. The van der Waals surface area contributed by atoms with Gasteiger partial charge in [-0.1, -0.05) is 113 Å². The van der Waals surface area contributed by atoms with Crippen LogP contribution < -0.4 is 0 Å². The van der Waals surface area contributed by atoms with Crippen molar-refractivity contribution >= 4 is 23.2 Å². The standard InChI is InChI=1S/C25H44Cl2N/c1-4-5-6-7-8-9-10-11-12-13-14-15-16-17-20-28(2,3)22-23-18-19-24(26)21-25(23)27/h18-19,21H,4-17,20,22H2,1-3H3/q+1. The minimum atomic E-state index is 0.714. The van der Waals surface area contributed by atoms with Crippen molar-refractivity contribution in [1.29, 1.82) is 0 Å². The Morgan fingerprint density at radius 1 is 0.679 bits per heavy atom. The fourth-order valence-electron chi connectivity index (χ4n) is 3.92. The van der Waals surface area contributed by atoms with E-state index in [1.54, 1.807) is 0 Å². The molecule has 0 heterocycles. The normalized spacial score (nSPS) is 11.9. The molecule has 28 heavy (non-hydrogen) atoms. The SMILES string of the molecule is CCCCCCCCCCCCCCCC[N+](C)(C)Cc1ccc(Cl)cc1Cl. The van der Waals surface area contributed by atoms with Crippen LogP contribution in [-0.4, -0.2) is 25.1 Å². The minimum Gasteiger partial charge on any atom is -0.325 e. The average molecular weight is 430 g/mol. The minimum absolute atomic E-state index is 0.714. The first-order valence-corrected chi connectivity index (χ1v) is 12.5. The van der Waals surface area contributed by atoms with Gasteiger partial charge in [-0.15, -0.1) is 0 Å². The highest BCUT2D eigenvalue weighted by molar-refractivity contribution is 6.35. The van der Waals surface area contributed by atoms with Crippen molar-refractivity contribution in [2.45, 2.75) is 103 Å². The van der Waals surface area contributed by atoms with Gasteiger partial charge in [0.25, 0.3) is 0 Å². The Kier molecular flexibility index (Phi) is 14.4. The summed E-state index contributed by atoms with van der Waals surface area (Å²) in [6.07, 6.45) is 19.8. The van der Waals surface area contributed by atoms with E-state index in [-0.39, 0.29) is 0 Å². The largest absolute Gasteiger partial charge is 0.325 e. The predicted octanol–water partition coefficient (Wildman–Crippen LogP) is 9.05. The monoisotopic (exact) mass is 428 g/mol. The molecular weight excluding hydrogens is 385 g/mol. The van der Waals surface area contributed by atoms with E-state index in [1.165, 1.54) is 102 Å². The Bertz CT molecular complexity index is 513. The molecule has 1 aromatic rings. The summed E-state index contributed by atoms with van der Waals surface area (Å²) in [5.41, 5.74) is 1.20. The van der Waals surface area contributed by atoms with E-state index in [4.69, 9.17) is 23.2 Å². The first-order chi connectivity index (χ1) is 13.4. The number of quaternary nitrogens is 1. The molecule has 0 aliphatic carbocycles. The molecule has 0 aliphatic rings. The van der Waals surface area contributed by atoms with Crippen LogP contribution in [0.25, 0.3) is 0 Å². The zero-order valence-electron chi connectivity index (χ0n) is 18.7. The van der Waals surface area contributed by atoms with Gasteiger partial charge in [0.15, 0.2) is 0 Å². The molecule has 1 nitrogen and oxygen atoms in total. The third-order valence-electron chi connectivity index (χ3n) is 5.73. The summed E-state index contributed by atoms with van der Waals surface area (Å²) in [5.74, 6) is 0. The van der Waals surface area contributed by atoms with Crippen molar-refractivity contribution in [2.75, 3.05) is 20.6 Å². The molecule has 0 N–H and O–H groups in total. The second-order valence-corrected chi connectivity index (χ2v) is 9.99. The number of hydrogen-bond donors (Lipinski definition) is 0. The molecule has 0 saturated carbocycles. The summed E-state index contributed by atoms with van der Waals surface area (Å²) >= 11 is 12.3. The van der Waals surface area contributed by atoms with Crippen molar-refractivity contribution in [2.24, 2.45) is 0 Å². The number of hydrogen-bond acceptors (Lipinski definition) is 0. The Morgan fingerprint density at radius 2 is 1.14 bits per heavy atom. The molecular formula is C25H44Cl2N+. The quantitative estimate of drug-likeness (QED) is 0.171. The van der Waals surface area contributed by atoms with Crippen LogP contribution in [0.1, 0.15) is 102 Å². The van der Waals surface area contributed by atoms with E-state index >= 15 is 0 Å². The lowest BCUT2D eigenvalue weighted by Crippen LogP contribution is -2.39. The number of benzene rings is 1. The first-order valence-electron chi connectivity index (χ1n) is 11.7. The van der Waals surface area contributed by atoms with Crippen LogP contribution in [0.2, 0.25) is 10.0 Å². The summed E-state index contributed by atoms with van der Waals surface area (Å²) in [7, 11) is 4.60. The topological polar surface area (TPSA) is 0 Å². The zero-order valence-corrected chi connectivity index (χ0v) is 20.3. The number of unbranched alkanes of at least 4 members (excludes halogenated alkanes) is 13. The summed E-state index contributed by atoms with van der Waals surface area (Å²) < 4.78 is 0.986. The van der Waals surface area contributed by atoms with Gasteiger partial charge < -0.3 is 4.48 Å². The predicted molar refractivity (Wildman–Crippen MR) is 127 cm³/mol. The molecule has 0 unspecified atom stereocenters. The van der Waals surface area contributed by atoms with Gasteiger partial charge in [0, 0.05) is 10.6 Å². The van der Waals surface area contributed by atoms with Crippen molar-refractivity contribution in [3.05, 3.63) is 33.8 Å². The van der Waals surface area contributed by atoms with Crippen molar-refractivity contribution in [3.8, 4) is 0 Å². The van der Waals surface area contributed by atoms with Gasteiger partial charge in [-0.3, -0.25) is 0 Å². The van der Waals surface area contributed by atoms with Crippen LogP contribution in [0.5, 0.6) is 0 Å². The highest BCUT2D eigenvalue weighted by atomic mass is 35.5. The lowest BCUT2D eigenvalue weighted by molar-refractivity contribution is -0.903. The van der Waals surface area contributed by atoms with Crippen LogP contribution in [0.4, 0.5) is 0 Å². The van der Waals surface area contributed by atoms with Crippen LogP contribution >= 0.6 is 23.2 Å². The van der Waals surface area contributed by atoms with Gasteiger partial charge >= 0.3 is 0 Å². The van der Waals surface area contributed by atoms with E-state index in [1.807, 2.05) is 12.1 Å². The Hall–Kier alpha value is -0.240. The van der Waals surface area contributed by atoms with Gasteiger partial charge in [-0.25, -0.2) is 0 Å². The lowest BCUT2D eigenvalue weighted by atomic mass is 10.0. The number of nitrogens with zero attached hydrogens (tertiary/aromatic N) is 1. The van der Waals surface area contributed by atoms with Crippen molar-refractivity contribution in [3.63, 3.8) is 0 Å². The first kappa shape index (κ1) is 25.8. The molecule has 1 rings (SSSR count). The molecule has 0 spiro atoms. The second kappa shape index (κ2) is 15.6. The van der Waals surface area contributed by atoms with E-state index in [2.05, 4.69) is 27.1 Å². The Balaban J connectivity index is 1.97. The Morgan fingerprint density at radius 3 is 1.61 bits per heavy atom. The molecule has 0 saturated heterocycles. The van der Waals surface area contributed by atoms with Gasteiger partial charge in [0.1, 0.15) is 6.54 Å². The molecule has 162 valence electrons. The second-order valence-electron chi connectivity index (χ2n) is 9.15. The van der Waals surface area contributed by atoms with Crippen LogP contribution in [-0.2, 0) is 6.54 Å². The fourth-order valence-corrected chi connectivity index (χ4v) is 4.39. The number of rotatable bonds is 17. The summed E-state index contributed by atoms with van der Waals surface area (Å²) in [4.78, 5) is 0. The maximum Gasteiger partial charge on any atom is 0.105 e. The zero-order chi connectivity index (χ0) is 20.7. The van der Waals surface area contributed by atoms with Gasteiger partial charge in [-0.05, 0) is 25.0 Å². The third kappa shape index (κ3) is 13.1. The lowest BCUT2D eigenvalue weighted by Gasteiger charge is -2.30. The molecule has 3 heteroatoms. The fraction of sp³-hybridized carbons (Fsp3) is 0.760. The van der Waals surface area contributed by atoms with Crippen LogP contribution in [0.15, 0.2) is 18.2 Å². The molecule has 1 aromatic carbocycles. The summed E-state index contributed by atoms with van der Waals surface area (Å²) in [6.45, 7) is 4.46. The van der Waals surface area contributed by atoms with Crippen molar-refractivity contribution < 1.29 is 4.48 Å². The van der Waals surface area contributed by atoms with E-state index < -0.39 is 0 Å². The van der Waals surface area contributed by atoms with Crippen LogP contribution in [0, 0.1) is 0 Å². The maximum atomic E-state index is 6.33. The maximum absolute atomic E-state index is 6.33. The van der Waals surface area contributed by atoms with Crippen LogP contribution in [0.3, 0.4) is 0 Å². The van der Waals surface area contributed by atoms with E-state index in [0.717, 1.165) is 16.1 Å². The summed E-state index contributed by atoms with van der Waals surface area (Å²) in [5, 5.41) is 1.51. The smallest absolute Gasteiger partial charge is 0.105 e. The van der Waals surface area contributed by atoms with Gasteiger partial charge in [-0.2, -0.15) is 0 Å². The molecule has 0 bridgehead atoms. The Labute approximate surface area is 185 Å². The third-order valence-corrected chi connectivity index (χ3v) is 6.32. The number of halogens is 2. The van der Waals surface area contributed by atoms with E-state index in [9.17, 15) is 0 Å². The summed E-state index contributed by atoms with van der Waals surface area (Å²) in [6, 6.07) is 5.86. The van der Waals surface area contributed by atoms with Crippen molar-refractivity contribution in [1.82, 2.24) is 0 Å². The van der Waals surface area contributed by atoms with E-state index in [0.29, 0.717) is 5.02 Å². The highest BCUT2D eigenvalue weighted by Gasteiger charge is 2.17. The molecule has 0 fully saturated rings. The van der Waals surface area contributed by atoms with Gasteiger partial charge in [0.2, 0.25) is 0 Å². The molecule has 0 radical (unpaired) electrons. The molecule has 0 atom stereocenters. The highest BCUT2D eigenvalue weighted by Crippen LogP contribution is 2.24.